The summed E-state index contributed by atoms with van der Waals surface area (Å²) in [6, 6.07) is 8.24. The maximum absolute atomic E-state index is 13.5. The summed E-state index contributed by atoms with van der Waals surface area (Å²) in [5.74, 6) is 3.37. The first-order valence-electron chi connectivity index (χ1n) is 6.34. The lowest BCUT2D eigenvalue weighted by molar-refractivity contribution is 0.497. The molecule has 1 unspecified atom stereocenters. The molecule has 21 heavy (non-hydrogen) atoms. The average molecular weight is 359 g/mol. The summed E-state index contributed by atoms with van der Waals surface area (Å²) in [6.07, 6.45) is 0.852. The van der Waals surface area contributed by atoms with Crippen molar-refractivity contribution >= 4 is 15.9 Å². The molecule has 0 fully saturated rings. The Kier molecular flexibility index (Phi) is 5.39. The van der Waals surface area contributed by atoms with Crippen molar-refractivity contribution in [3.63, 3.8) is 0 Å². The van der Waals surface area contributed by atoms with Gasteiger partial charge in [-0.05, 0) is 58.1 Å². The molecule has 0 amide bonds. The fraction of sp³-hybridized carbons (Fsp3) is 0.200. The summed E-state index contributed by atoms with van der Waals surface area (Å²) in [5.41, 5.74) is 3.99. The summed E-state index contributed by atoms with van der Waals surface area (Å²) < 4.78 is 39.9. The Balaban J connectivity index is 2.13. The van der Waals surface area contributed by atoms with Crippen molar-refractivity contribution in [2.45, 2.75) is 18.9 Å². The van der Waals surface area contributed by atoms with Gasteiger partial charge in [-0.25, -0.2) is 13.2 Å². The zero-order valence-corrected chi connectivity index (χ0v) is 12.6. The number of benzene rings is 2. The van der Waals surface area contributed by atoms with Crippen LogP contribution in [0.4, 0.5) is 13.2 Å². The highest BCUT2D eigenvalue weighted by Crippen LogP contribution is 2.22. The van der Waals surface area contributed by atoms with Crippen LogP contribution in [0.25, 0.3) is 0 Å². The van der Waals surface area contributed by atoms with Gasteiger partial charge in [-0.15, -0.1) is 0 Å². The van der Waals surface area contributed by atoms with Crippen LogP contribution in [0.5, 0.6) is 0 Å². The van der Waals surface area contributed by atoms with Crippen LogP contribution in [-0.2, 0) is 12.8 Å². The lowest BCUT2D eigenvalue weighted by Gasteiger charge is -2.17. The van der Waals surface area contributed by atoms with Crippen LogP contribution in [0, 0.1) is 17.5 Å². The molecule has 0 spiro atoms. The minimum absolute atomic E-state index is 0.229. The highest BCUT2D eigenvalue weighted by Gasteiger charge is 2.14. The number of rotatable bonds is 5. The van der Waals surface area contributed by atoms with Crippen LogP contribution in [0.2, 0.25) is 0 Å². The van der Waals surface area contributed by atoms with Crippen molar-refractivity contribution in [3.8, 4) is 0 Å². The zero-order chi connectivity index (χ0) is 15.4. The van der Waals surface area contributed by atoms with Gasteiger partial charge in [0.1, 0.15) is 5.82 Å². The fourth-order valence-electron chi connectivity index (χ4n) is 2.11. The Hall–Kier alpha value is -1.37. The lowest BCUT2D eigenvalue weighted by Crippen LogP contribution is -2.38. The number of halogens is 4. The number of hydrazine groups is 1. The molecule has 6 heteroatoms. The van der Waals surface area contributed by atoms with Gasteiger partial charge in [0, 0.05) is 6.04 Å². The molecule has 0 aliphatic carbocycles. The van der Waals surface area contributed by atoms with Crippen molar-refractivity contribution < 1.29 is 13.2 Å². The summed E-state index contributed by atoms with van der Waals surface area (Å²) in [5, 5.41) is 0. The van der Waals surface area contributed by atoms with Gasteiger partial charge in [0.25, 0.3) is 0 Å². The fourth-order valence-corrected chi connectivity index (χ4v) is 2.54. The van der Waals surface area contributed by atoms with E-state index in [2.05, 4.69) is 21.4 Å². The second-order valence-corrected chi connectivity index (χ2v) is 5.53. The van der Waals surface area contributed by atoms with Crippen molar-refractivity contribution in [3.05, 3.63) is 69.4 Å². The van der Waals surface area contributed by atoms with Gasteiger partial charge in [0.2, 0.25) is 0 Å². The number of hydrogen-bond acceptors (Lipinski definition) is 2. The first-order valence-corrected chi connectivity index (χ1v) is 7.13. The predicted molar refractivity (Wildman–Crippen MR) is 79.0 cm³/mol. The van der Waals surface area contributed by atoms with Gasteiger partial charge < -0.3 is 0 Å². The molecule has 2 aromatic rings. The van der Waals surface area contributed by atoms with Crippen LogP contribution >= 0.6 is 15.9 Å². The van der Waals surface area contributed by atoms with Crippen molar-refractivity contribution in [2.75, 3.05) is 0 Å². The maximum atomic E-state index is 13.5. The third kappa shape index (κ3) is 4.06. The average Bonchev–Trinajstić information content (AvgIpc) is 2.47. The molecule has 2 aromatic carbocycles. The smallest absolute Gasteiger partial charge is 0.159 e. The Morgan fingerprint density at radius 3 is 2.43 bits per heavy atom. The minimum atomic E-state index is -0.893. The molecule has 0 aliphatic rings. The maximum Gasteiger partial charge on any atom is 0.159 e. The Bertz CT molecular complexity index is 634. The predicted octanol–water partition coefficient (Wildman–Crippen LogP) is 3.48. The molecule has 0 heterocycles. The van der Waals surface area contributed by atoms with Gasteiger partial charge in [0.15, 0.2) is 11.6 Å². The van der Waals surface area contributed by atoms with E-state index in [4.69, 9.17) is 5.84 Å². The molecule has 0 saturated carbocycles. The normalized spacial score (nSPS) is 12.4. The lowest BCUT2D eigenvalue weighted by atomic mass is 9.99. The molecular weight excluding hydrogens is 345 g/mol. The van der Waals surface area contributed by atoms with Gasteiger partial charge in [-0.2, -0.15) is 0 Å². The molecule has 0 bridgehead atoms. The summed E-state index contributed by atoms with van der Waals surface area (Å²) in [4.78, 5) is 0. The van der Waals surface area contributed by atoms with E-state index in [9.17, 15) is 13.2 Å². The van der Waals surface area contributed by atoms with Gasteiger partial charge in [-0.3, -0.25) is 11.3 Å². The van der Waals surface area contributed by atoms with Crippen molar-refractivity contribution in [2.24, 2.45) is 5.84 Å². The molecule has 0 saturated heterocycles. The Labute approximate surface area is 129 Å². The second-order valence-electron chi connectivity index (χ2n) is 4.73. The number of nitrogens with two attached hydrogens (primary N) is 1. The number of hydrogen-bond donors (Lipinski definition) is 2. The third-order valence-corrected chi connectivity index (χ3v) is 4.09. The van der Waals surface area contributed by atoms with E-state index in [1.165, 1.54) is 12.1 Å². The molecule has 3 N–H and O–H groups in total. The molecular formula is C15H14BrF3N2. The molecule has 2 rings (SSSR count). The largest absolute Gasteiger partial charge is 0.271 e. The summed E-state index contributed by atoms with van der Waals surface area (Å²) >= 11 is 3.19. The Morgan fingerprint density at radius 1 is 1.00 bits per heavy atom. The number of nitrogens with one attached hydrogen (secondary N) is 1. The van der Waals surface area contributed by atoms with Gasteiger partial charge in [-0.1, -0.05) is 18.2 Å². The van der Waals surface area contributed by atoms with E-state index >= 15 is 0 Å². The van der Waals surface area contributed by atoms with E-state index in [1.807, 2.05) is 0 Å². The molecule has 0 aromatic heterocycles. The minimum Gasteiger partial charge on any atom is -0.271 e. The Morgan fingerprint density at radius 2 is 1.76 bits per heavy atom. The standard InChI is InChI=1S/C15H14BrF3N2/c16-15-10(2-1-3-13(15)18)8-11(21-20)6-9-4-5-12(17)14(19)7-9/h1-5,7,11,21H,6,8,20H2. The molecule has 1 atom stereocenters. The first kappa shape index (κ1) is 16.0. The van der Waals surface area contributed by atoms with Crippen LogP contribution in [-0.4, -0.2) is 6.04 Å². The summed E-state index contributed by atoms with van der Waals surface area (Å²) in [6.45, 7) is 0. The highest BCUT2D eigenvalue weighted by atomic mass is 79.9. The topological polar surface area (TPSA) is 38.0 Å². The highest BCUT2D eigenvalue weighted by molar-refractivity contribution is 9.10. The van der Waals surface area contributed by atoms with Gasteiger partial charge >= 0.3 is 0 Å². The van der Waals surface area contributed by atoms with Crippen LogP contribution in [0.1, 0.15) is 11.1 Å². The van der Waals surface area contributed by atoms with E-state index in [1.54, 1.807) is 12.1 Å². The van der Waals surface area contributed by atoms with Crippen LogP contribution < -0.4 is 11.3 Å². The zero-order valence-electron chi connectivity index (χ0n) is 11.0. The SMILES string of the molecule is NNC(Cc1ccc(F)c(F)c1)Cc1cccc(F)c1Br. The van der Waals surface area contributed by atoms with Crippen molar-refractivity contribution in [1.29, 1.82) is 0 Å². The molecule has 2 nitrogen and oxygen atoms in total. The van der Waals surface area contributed by atoms with E-state index < -0.39 is 11.6 Å². The van der Waals surface area contributed by atoms with E-state index in [0.717, 1.165) is 17.7 Å². The van der Waals surface area contributed by atoms with Crippen molar-refractivity contribution in [1.82, 2.24) is 5.43 Å². The molecule has 0 aliphatic heterocycles. The van der Waals surface area contributed by atoms with Crippen LogP contribution in [0.3, 0.4) is 0 Å². The van der Waals surface area contributed by atoms with Gasteiger partial charge in [0.05, 0.1) is 4.47 Å². The first-order chi connectivity index (χ1) is 10.0. The second kappa shape index (κ2) is 7.06. The molecule has 112 valence electrons. The third-order valence-electron chi connectivity index (χ3n) is 3.20. The van der Waals surface area contributed by atoms with Crippen LogP contribution in [0.15, 0.2) is 40.9 Å². The van der Waals surface area contributed by atoms with E-state index in [-0.39, 0.29) is 11.9 Å². The summed E-state index contributed by atoms with van der Waals surface area (Å²) in [7, 11) is 0. The monoisotopic (exact) mass is 358 g/mol. The quantitative estimate of drug-likeness (QED) is 0.634. The molecule has 0 radical (unpaired) electrons. The van der Waals surface area contributed by atoms with E-state index in [0.29, 0.717) is 22.9 Å².